The predicted octanol–water partition coefficient (Wildman–Crippen LogP) is 1.76. The quantitative estimate of drug-likeness (QED) is 0.735. The Hall–Kier alpha value is -0.220. The average Bonchev–Trinajstić information content (AvgIpc) is 2.28. The molecule has 1 heterocycles. The van der Waals surface area contributed by atoms with Crippen molar-refractivity contribution in [3.05, 3.63) is 0 Å². The van der Waals surface area contributed by atoms with E-state index < -0.39 is 12.0 Å². The highest BCUT2D eigenvalue weighted by Crippen LogP contribution is 2.29. The number of halogens is 2. The first-order chi connectivity index (χ1) is 6.31. The van der Waals surface area contributed by atoms with Crippen LogP contribution in [-0.2, 0) is 0 Å². The van der Waals surface area contributed by atoms with E-state index in [9.17, 15) is 8.78 Å². The van der Waals surface area contributed by atoms with Crippen molar-refractivity contribution in [1.29, 1.82) is 0 Å². The molecule has 0 spiro atoms. The number of nitrogens with one attached hydrogen (secondary N) is 2. The molecule has 1 fully saturated rings. The maximum Gasteiger partial charge on any atom is 0.264 e. The molecule has 0 aromatic carbocycles. The van der Waals surface area contributed by atoms with E-state index in [2.05, 4.69) is 10.6 Å². The second-order valence-electron chi connectivity index (χ2n) is 4.98. The van der Waals surface area contributed by atoms with Crippen LogP contribution in [0, 0.1) is 0 Å². The van der Waals surface area contributed by atoms with Crippen LogP contribution in [0.5, 0.6) is 0 Å². The summed E-state index contributed by atoms with van der Waals surface area (Å²) in [7, 11) is 0. The summed E-state index contributed by atoms with van der Waals surface area (Å²) < 4.78 is 26.3. The molecule has 14 heavy (non-hydrogen) atoms. The Kier molecular flexibility index (Phi) is 3.48. The van der Waals surface area contributed by atoms with Crippen molar-refractivity contribution in [3.8, 4) is 0 Å². The molecule has 1 saturated heterocycles. The summed E-state index contributed by atoms with van der Waals surface area (Å²) in [6.07, 6.45) is 0.470. The molecule has 0 bridgehead atoms. The third kappa shape index (κ3) is 3.50. The molecule has 1 aliphatic heterocycles. The molecule has 2 N–H and O–H groups in total. The van der Waals surface area contributed by atoms with Crippen molar-refractivity contribution in [2.45, 2.75) is 51.1 Å². The van der Waals surface area contributed by atoms with Gasteiger partial charge in [0.1, 0.15) is 0 Å². The van der Waals surface area contributed by atoms with Crippen molar-refractivity contribution in [2.24, 2.45) is 0 Å². The van der Waals surface area contributed by atoms with E-state index >= 15 is 0 Å². The van der Waals surface area contributed by atoms with Crippen LogP contribution in [0.2, 0.25) is 0 Å². The number of rotatable bonds is 3. The van der Waals surface area contributed by atoms with Crippen LogP contribution in [0.15, 0.2) is 0 Å². The fourth-order valence-electron chi connectivity index (χ4n) is 1.64. The SMILES string of the molecule is CC(C)(C)NCCC1NCCC1(F)F. The van der Waals surface area contributed by atoms with Crippen molar-refractivity contribution in [2.75, 3.05) is 13.1 Å². The van der Waals surface area contributed by atoms with Crippen LogP contribution in [0.25, 0.3) is 0 Å². The van der Waals surface area contributed by atoms with Crippen molar-refractivity contribution in [3.63, 3.8) is 0 Å². The minimum Gasteiger partial charge on any atom is -0.312 e. The molecule has 1 aliphatic rings. The van der Waals surface area contributed by atoms with E-state index in [0.29, 0.717) is 19.5 Å². The van der Waals surface area contributed by atoms with Gasteiger partial charge >= 0.3 is 0 Å². The molecular formula is C10H20F2N2. The summed E-state index contributed by atoms with van der Waals surface area (Å²) in [5, 5.41) is 6.06. The van der Waals surface area contributed by atoms with Crippen LogP contribution in [0.3, 0.4) is 0 Å². The Morgan fingerprint density at radius 1 is 1.43 bits per heavy atom. The highest BCUT2D eigenvalue weighted by atomic mass is 19.3. The first-order valence-electron chi connectivity index (χ1n) is 5.17. The first kappa shape index (κ1) is 11.9. The monoisotopic (exact) mass is 206 g/mol. The minimum absolute atomic E-state index is 0.00783. The van der Waals surface area contributed by atoms with Gasteiger partial charge in [-0.05, 0) is 33.7 Å². The Morgan fingerprint density at radius 2 is 2.07 bits per heavy atom. The number of alkyl halides is 2. The van der Waals surface area contributed by atoms with Gasteiger partial charge in [-0.2, -0.15) is 0 Å². The number of hydrogen-bond donors (Lipinski definition) is 2. The Morgan fingerprint density at radius 3 is 2.50 bits per heavy atom. The van der Waals surface area contributed by atoms with E-state index in [0.717, 1.165) is 0 Å². The van der Waals surface area contributed by atoms with Gasteiger partial charge in [0.25, 0.3) is 5.92 Å². The van der Waals surface area contributed by atoms with Gasteiger partial charge in [-0.15, -0.1) is 0 Å². The molecule has 0 aliphatic carbocycles. The highest BCUT2D eigenvalue weighted by molar-refractivity contribution is 4.91. The first-order valence-corrected chi connectivity index (χ1v) is 5.17. The average molecular weight is 206 g/mol. The molecule has 0 radical (unpaired) electrons. The van der Waals surface area contributed by atoms with Crippen LogP contribution < -0.4 is 10.6 Å². The lowest BCUT2D eigenvalue weighted by Crippen LogP contribution is -2.42. The Bertz CT molecular complexity index is 187. The van der Waals surface area contributed by atoms with Gasteiger partial charge in [0.15, 0.2) is 0 Å². The van der Waals surface area contributed by atoms with E-state index in [-0.39, 0.29) is 12.0 Å². The lowest BCUT2D eigenvalue weighted by atomic mass is 10.1. The van der Waals surface area contributed by atoms with Gasteiger partial charge < -0.3 is 10.6 Å². The third-order valence-electron chi connectivity index (χ3n) is 2.45. The van der Waals surface area contributed by atoms with Crippen LogP contribution in [0.1, 0.15) is 33.6 Å². The predicted molar refractivity (Wildman–Crippen MR) is 53.7 cm³/mol. The molecule has 1 unspecified atom stereocenters. The summed E-state index contributed by atoms with van der Waals surface area (Å²) in [5.41, 5.74) is 0.00783. The minimum atomic E-state index is -2.51. The zero-order chi connectivity index (χ0) is 10.8. The molecular weight excluding hydrogens is 186 g/mol. The Labute approximate surface area is 84.4 Å². The lowest BCUT2D eigenvalue weighted by Gasteiger charge is -2.24. The van der Waals surface area contributed by atoms with Gasteiger partial charge in [0.05, 0.1) is 6.04 Å². The summed E-state index contributed by atoms with van der Waals surface area (Å²) in [5.74, 6) is -2.51. The standard InChI is InChI=1S/C10H20F2N2/c1-9(2,3)14-6-4-8-10(11,12)5-7-13-8/h8,13-14H,4-7H2,1-3H3. The maximum absolute atomic E-state index is 13.1. The fraction of sp³-hybridized carbons (Fsp3) is 1.00. The molecule has 0 saturated carbocycles. The van der Waals surface area contributed by atoms with Gasteiger partial charge in [-0.25, -0.2) is 8.78 Å². The van der Waals surface area contributed by atoms with Crippen molar-refractivity contribution >= 4 is 0 Å². The topological polar surface area (TPSA) is 24.1 Å². The molecule has 2 nitrogen and oxygen atoms in total. The third-order valence-corrected chi connectivity index (χ3v) is 2.45. The molecule has 0 aromatic rings. The van der Waals surface area contributed by atoms with Gasteiger partial charge in [-0.1, -0.05) is 0 Å². The van der Waals surface area contributed by atoms with E-state index in [4.69, 9.17) is 0 Å². The summed E-state index contributed by atoms with van der Waals surface area (Å²) in [6.45, 7) is 7.18. The van der Waals surface area contributed by atoms with Crippen LogP contribution >= 0.6 is 0 Å². The summed E-state index contributed by atoms with van der Waals surface area (Å²) >= 11 is 0. The van der Waals surface area contributed by atoms with Crippen LogP contribution in [0.4, 0.5) is 8.78 Å². The Balaban J connectivity index is 2.25. The molecule has 0 amide bonds. The summed E-state index contributed by atoms with van der Waals surface area (Å²) in [4.78, 5) is 0. The number of hydrogen-bond acceptors (Lipinski definition) is 2. The second kappa shape index (κ2) is 4.11. The van der Waals surface area contributed by atoms with Gasteiger partial charge in [0, 0.05) is 18.5 Å². The maximum atomic E-state index is 13.1. The van der Waals surface area contributed by atoms with E-state index in [1.165, 1.54) is 0 Å². The largest absolute Gasteiger partial charge is 0.312 e. The van der Waals surface area contributed by atoms with Crippen molar-refractivity contribution < 1.29 is 8.78 Å². The molecule has 1 atom stereocenters. The smallest absolute Gasteiger partial charge is 0.264 e. The zero-order valence-electron chi connectivity index (χ0n) is 9.16. The lowest BCUT2D eigenvalue weighted by molar-refractivity contribution is -0.0133. The second-order valence-corrected chi connectivity index (χ2v) is 4.98. The van der Waals surface area contributed by atoms with Gasteiger partial charge in [-0.3, -0.25) is 0 Å². The molecule has 84 valence electrons. The summed E-state index contributed by atoms with van der Waals surface area (Å²) in [6, 6.07) is -0.641. The normalized spacial score (nSPS) is 26.8. The van der Waals surface area contributed by atoms with Crippen LogP contribution in [-0.4, -0.2) is 30.6 Å². The van der Waals surface area contributed by atoms with Gasteiger partial charge in [0.2, 0.25) is 0 Å². The zero-order valence-corrected chi connectivity index (χ0v) is 9.16. The molecule has 0 aromatic heterocycles. The molecule has 4 heteroatoms. The fourth-order valence-corrected chi connectivity index (χ4v) is 1.64. The van der Waals surface area contributed by atoms with Crippen molar-refractivity contribution in [1.82, 2.24) is 10.6 Å². The van der Waals surface area contributed by atoms with E-state index in [1.54, 1.807) is 0 Å². The molecule has 1 rings (SSSR count). The highest BCUT2D eigenvalue weighted by Gasteiger charge is 2.43. The van der Waals surface area contributed by atoms with E-state index in [1.807, 2.05) is 20.8 Å².